The van der Waals surface area contributed by atoms with E-state index >= 15 is 0 Å². The van der Waals surface area contributed by atoms with Crippen molar-refractivity contribution in [1.82, 2.24) is 4.90 Å². The van der Waals surface area contributed by atoms with Gasteiger partial charge >= 0.3 is 0 Å². The summed E-state index contributed by atoms with van der Waals surface area (Å²) in [6.45, 7) is 2.64. The molecule has 0 radical (unpaired) electrons. The Morgan fingerprint density at radius 1 is 0.864 bits per heavy atom. The molecule has 0 saturated heterocycles. The summed E-state index contributed by atoms with van der Waals surface area (Å²) in [5, 5.41) is 0. The van der Waals surface area contributed by atoms with Crippen LogP contribution in [0.2, 0.25) is 0 Å². The van der Waals surface area contributed by atoms with Gasteiger partial charge in [0.1, 0.15) is 0 Å². The van der Waals surface area contributed by atoms with Gasteiger partial charge in [-0.2, -0.15) is 0 Å². The fourth-order valence-corrected chi connectivity index (χ4v) is 2.91. The van der Waals surface area contributed by atoms with Crippen LogP contribution in [0.25, 0.3) is 0 Å². The molecule has 2 amide bonds. The quantitative estimate of drug-likeness (QED) is 0.791. The first-order valence-corrected chi connectivity index (χ1v) is 7.66. The van der Waals surface area contributed by atoms with E-state index in [9.17, 15) is 9.59 Å². The van der Waals surface area contributed by atoms with Crippen LogP contribution in [-0.4, -0.2) is 23.3 Å². The maximum atomic E-state index is 12.3. The van der Waals surface area contributed by atoms with E-state index in [0.717, 1.165) is 12.8 Å². The molecular formula is C19H19NO2. The molecular weight excluding hydrogens is 274 g/mol. The highest BCUT2D eigenvalue weighted by Crippen LogP contribution is 2.23. The largest absolute Gasteiger partial charge is 0.274 e. The summed E-state index contributed by atoms with van der Waals surface area (Å²) in [6, 6.07) is 17.3. The lowest BCUT2D eigenvalue weighted by Gasteiger charge is -2.17. The van der Waals surface area contributed by atoms with E-state index in [4.69, 9.17) is 0 Å². The summed E-state index contributed by atoms with van der Waals surface area (Å²) in [6.07, 6.45) is 1.78. The van der Waals surface area contributed by atoms with Crippen LogP contribution in [0.1, 0.15) is 39.6 Å². The van der Waals surface area contributed by atoms with Crippen LogP contribution >= 0.6 is 0 Å². The van der Waals surface area contributed by atoms with Crippen LogP contribution in [0.5, 0.6) is 0 Å². The lowest BCUT2D eigenvalue weighted by molar-refractivity contribution is 0.0647. The Morgan fingerprint density at radius 2 is 1.41 bits per heavy atom. The fourth-order valence-electron chi connectivity index (χ4n) is 2.91. The van der Waals surface area contributed by atoms with Crippen molar-refractivity contribution in [2.45, 2.75) is 19.8 Å². The molecule has 112 valence electrons. The molecule has 2 aromatic rings. The molecule has 3 nitrogen and oxygen atoms in total. The van der Waals surface area contributed by atoms with Crippen molar-refractivity contribution in [3.63, 3.8) is 0 Å². The predicted octanol–water partition coefficient (Wildman–Crippen LogP) is 3.55. The van der Waals surface area contributed by atoms with Gasteiger partial charge in [-0.1, -0.05) is 49.4 Å². The van der Waals surface area contributed by atoms with E-state index in [-0.39, 0.29) is 11.8 Å². The zero-order valence-electron chi connectivity index (χ0n) is 12.7. The third-order valence-corrected chi connectivity index (χ3v) is 4.15. The summed E-state index contributed by atoms with van der Waals surface area (Å²) in [7, 11) is 0. The van der Waals surface area contributed by atoms with E-state index in [2.05, 4.69) is 19.1 Å². The molecule has 3 rings (SSSR count). The number of hydrogen-bond acceptors (Lipinski definition) is 2. The molecule has 0 saturated carbocycles. The number of amides is 2. The van der Waals surface area contributed by atoms with Crippen molar-refractivity contribution in [3.05, 3.63) is 71.3 Å². The zero-order chi connectivity index (χ0) is 15.5. The monoisotopic (exact) mass is 293 g/mol. The Balaban J connectivity index is 1.61. The summed E-state index contributed by atoms with van der Waals surface area (Å²) in [4.78, 5) is 25.9. The first-order valence-electron chi connectivity index (χ1n) is 7.66. The Morgan fingerprint density at radius 3 is 2.00 bits per heavy atom. The second-order valence-electron chi connectivity index (χ2n) is 5.89. The molecule has 1 atom stereocenters. The Bertz CT molecular complexity index is 659. The minimum atomic E-state index is -0.160. The SMILES string of the molecule is CC(CCN1C(=O)c2ccccc2C1=O)Cc1ccccc1. The standard InChI is InChI=1S/C19H19NO2/c1-14(13-15-7-3-2-4-8-15)11-12-20-18(21)16-9-5-6-10-17(16)19(20)22/h2-10,14H,11-13H2,1H3. The number of hydrogen-bond donors (Lipinski definition) is 0. The molecule has 0 aromatic heterocycles. The van der Waals surface area contributed by atoms with Crippen LogP contribution < -0.4 is 0 Å². The maximum Gasteiger partial charge on any atom is 0.261 e. The Kier molecular flexibility index (Phi) is 4.05. The molecule has 1 aliphatic rings. The molecule has 1 heterocycles. The smallest absolute Gasteiger partial charge is 0.261 e. The predicted molar refractivity (Wildman–Crippen MR) is 85.7 cm³/mol. The molecule has 1 aliphatic heterocycles. The van der Waals surface area contributed by atoms with Gasteiger partial charge in [0, 0.05) is 6.54 Å². The van der Waals surface area contributed by atoms with Crippen molar-refractivity contribution >= 4 is 11.8 Å². The lowest BCUT2D eigenvalue weighted by Crippen LogP contribution is -2.31. The van der Waals surface area contributed by atoms with E-state index in [1.54, 1.807) is 24.3 Å². The fraction of sp³-hybridized carbons (Fsp3) is 0.263. The van der Waals surface area contributed by atoms with Gasteiger partial charge in [-0.15, -0.1) is 0 Å². The van der Waals surface area contributed by atoms with Crippen molar-refractivity contribution in [2.75, 3.05) is 6.54 Å². The molecule has 0 bridgehead atoms. The second-order valence-corrected chi connectivity index (χ2v) is 5.89. The van der Waals surface area contributed by atoms with E-state index in [0.29, 0.717) is 23.6 Å². The Hall–Kier alpha value is -2.42. The van der Waals surface area contributed by atoms with Gasteiger partial charge in [-0.25, -0.2) is 0 Å². The number of benzene rings is 2. The number of carbonyl (C=O) groups excluding carboxylic acids is 2. The average molecular weight is 293 g/mol. The normalized spacial score (nSPS) is 15.0. The molecule has 0 N–H and O–H groups in total. The molecule has 0 aliphatic carbocycles. The molecule has 0 spiro atoms. The average Bonchev–Trinajstić information content (AvgIpc) is 2.78. The van der Waals surface area contributed by atoms with E-state index in [1.165, 1.54) is 10.5 Å². The van der Waals surface area contributed by atoms with Crippen molar-refractivity contribution in [1.29, 1.82) is 0 Å². The van der Waals surface area contributed by atoms with Gasteiger partial charge in [-0.05, 0) is 36.5 Å². The first-order chi connectivity index (χ1) is 10.7. The molecule has 0 fully saturated rings. The molecule has 22 heavy (non-hydrogen) atoms. The number of carbonyl (C=O) groups is 2. The number of imide groups is 1. The van der Waals surface area contributed by atoms with Gasteiger partial charge in [-0.3, -0.25) is 14.5 Å². The first kappa shape index (κ1) is 14.5. The van der Waals surface area contributed by atoms with Crippen LogP contribution in [0.3, 0.4) is 0 Å². The van der Waals surface area contributed by atoms with Crippen LogP contribution in [0.15, 0.2) is 54.6 Å². The minimum absolute atomic E-state index is 0.160. The summed E-state index contributed by atoms with van der Waals surface area (Å²) in [5.41, 5.74) is 2.35. The third kappa shape index (κ3) is 2.80. The van der Waals surface area contributed by atoms with E-state index < -0.39 is 0 Å². The van der Waals surface area contributed by atoms with Crippen LogP contribution in [-0.2, 0) is 6.42 Å². The summed E-state index contributed by atoms with van der Waals surface area (Å²) in [5.74, 6) is 0.103. The van der Waals surface area contributed by atoms with Gasteiger partial charge in [0.2, 0.25) is 0 Å². The van der Waals surface area contributed by atoms with Crippen molar-refractivity contribution < 1.29 is 9.59 Å². The highest BCUT2D eigenvalue weighted by Gasteiger charge is 2.34. The third-order valence-electron chi connectivity index (χ3n) is 4.15. The molecule has 2 aromatic carbocycles. The van der Waals surface area contributed by atoms with Gasteiger partial charge in [0.15, 0.2) is 0 Å². The van der Waals surface area contributed by atoms with Gasteiger partial charge in [0.25, 0.3) is 11.8 Å². The Labute approximate surface area is 130 Å². The summed E-state index contributed by atoms with van der Waals surface area (Å²) < 4.78 is 0. The van der Waals surface area contributed by atoms with Gasteiger partial charge in [0.05, 0.1) is 11.1 Å². The molecule has 1 unspecified atom stereocenters. The zero-order valence-corrected chi connectivity index (χ0v) is 12.7. The number of fused-ring (bicyclic) bond motifs is 1. The van der Waals surface area contributed by atoms with E-state index in [1.807, 2.05) is 18.2 Å². The topological polar surface area (TPSA) is 37.4 Å². The minimum Gasteiger partial charge on any atom is -0.274 e. The highest BCUT2D eigenvalue weighted by atomic mass is 16.2. The van der Waals surface area contributed by atoms with Gasteiger partial charge < -0.3 is 0 Å². The number of rotatable bonds is 5. The second kappa shape index (κ2) is 6.14. The lowest BCUT2D eigenvalue weighted by atomic mass is 9.98. The van der Waals surface area contributed by atoms with Crippen molar-refractivity contribution in [2.24, 2.45) is 5.92 Å². The number of nitrogens with zero attached hydrogens (tertiary/aromatic N) is 1. The summed E-state index contributed by atoms with van der Waals surface area (Å²) >= 11 is 0. The highest BCUT2D eigenvalue weighted by molar-refractivity contribution is 6.21. The molecule has 3 heteroatoms. The van der Waals surface area contributed by atoms with Crippen molar-refractivity contribution in [3.8, 4) is 0 Å². The van der Waals surface area contributed by atoms with Crippen LogP contribution in [0.4, 0.5) is 0 Å². The maximum absolute atomic E-state index is 12.3. The van der Waals surface area contributed by atoms with Crippen LogP contribution in [0, 0.1) is 5.92 Å².